The largest absolute Gasteiger partial charge is 0.370 e. The molecule has 3 nitrogen and oxygen atoms in total. The summed E-state index contributed by atoms with van der Waals surface area (Å²) in [6.45, 7) is 3.22. The summed E-state index contributed by atoms with van der Waals surface area (Å²) in [5, 5.41) is 3.85. The predicted octanol–water partition coefficient (Wildman–Crippen LogP) is 4.26. The Morgan fingerprint density at radius 3 is 2.70 bits per heavy atom. The number of aromatic nitrogens is 2. The summed E-state index contributed by atoms with van der Waals surface area (Å²) in [5.41, 5.74) is 0.980. The summed E-state index contributed by atoms with van der Waals surface area (Å²) in [6.07, 6.45) is 2.73. The number of nitrogens with one attached hydrogen (secondary N) is 1. The number of anilines is 1. The van der Waals surface area contributed by atoms with Crippen LogP contribution in [0.25, 0.3) is 11.4 Å². The minimum Gasteiger partial charge on any atom is -0.370 e. The molecule has 1 saturated carbocycles. The summed E-state index contributed by atoms with van der Waals surface area (Å²) < 4.78 is 0. The third-order valence-corrected chi connectivity index (χ3v) is 3.95. The van der Waals surface area contributed by atoms with Crippen LogP contribution in [0.1, 0.15) is 19.8 Å². The topological polar surface area (TPSA) is 37.8 Å². The van der Waals surface area contributed by atoms with Crippen molar-refractivity contribution in [2.24, 2.45) is 11.8 Å². The number of hydrogen-bond acceptors (Lipinski definition) is 3. The number of rotatable bonds is 5. The van der Waals surface area contributed by atoms with Crippen molar-refractivity contribution in [3.8, 4) is 11.4 Å². The van der Waals surface area contributed by atoms with E-state index in [1.807, 2.05) is 30.3 Å². The number of hydrogen-bond donors (Lipinski definition) is 1. The Balaban J connectivity index is 1.76. The molecule has 1 aromatic heterocycles. The number of benzene rings is 1. The lowest BCUT2D eigenvalue weighted by atomic mass is 10.1. The van der Waals surface area contributed by atoms with Gasteiger partial charge in [0.1, 0.15) is 11.0 Å². The van der Waals surface area contributed by atoms with Crippen molar-refractivity contribution in [1.29, 1.82) is 0 Å². The molecule has 0 amide bonds. The van der Waals surface area contributed by atoms with Gasteiger partial charge in [-0.05, 0) is 24.7 Å². The third-order valence-electron chi connectivity index (χ3n) is 3.76. The van der Waals surface area contributed by atoms with Gasteiger partial charge in [-0.15, -0.1) is 0 Å². The van der Waals surface area contributed by atoms with Crippen LogP contribution in [0.3, 0.4) is 0 Å². The molecule has 1 aliphatic rings. The van der Waals surface area contributed by atoms with E-state index < -0.39 is 0 Å². The van der Waals surface area contributed by atoms with Gasteiger partial charge in [0, 0.05) is 18.2 Å². The Morgan fingerprint density at radius 2 is 2.00 bits per heavy atom. The van der Waals surface area contributed by atoms with Gasteiger partial charge in [-0.1, -0.05) is 48.9 Å². The molecule has 0 bridgehead atoms. The molecular weight excluding hydrogens is 270 g/mol. The van der Waals surface area contributed by atoms with Crippen molar-refractivity contribution in [2.75, 3.05) is 11.9 Å². The van der Waals surface area contributed by atoms with Gasteiger partial charge in [0.2, 0.25) is 0 Å². The number of nitrogens with zero attached hydrogens (tertiary/aromatic N) is 2. The quantitative estimate of drug-likeness (QED) is 0.835. The molecule has 0 saturated heterocycles. The van der Waals surface area contributed by atoms with Gasteiger partial charge >= 0.3 is 0 Å². The maximum atomic E-state index is 6.10. The van der Waals surface area contributed by atoms with Crippen LogP contribution < -0.4 is 5.32 Å². The molecule has 4 heteroatoms. The molecule has 1 heterocycles. The van der Waals surface area contributed by atoms with Crippen molar-refractivity contribution in [1.82, 2.24) is 9.97 Å². The molecule has 1 aliphatic carbocycles. The second-order valence-corrected chi connectivity index (χ2v) is 5.85. The predicted molar refractivity (Wildman–Crippen MR) is 82.9 cm³/mol. The maximum absolute atomic E-state index is 6.10. The van der Waals surface area contributed by atoms with Gasteiger partial charge in [0.15, 0.2) is 5.82 Å². The molecule has 1 N–H and O–H groups in total. The lowest BCUT2D eigenvalue weighted by Crippen LogP contribution is -2.14. The highest BCUT2D eigenvalue weighted by Crippen LogP contribution is 2.36. The standard InChI is InChI=1S/C16H18ClN3/c1-11(12-7-8-12)10-18-15-9-14(17)19-16(20-15)13-5-3-2-4-6-13/h2-6,9,11-12H,7-8,10H2,1H3,(H,18,19,20). The van der Waals surface area contributed by atoms with Crippen LogP contribution in [0.15, 0.2) is 36.4 Å². The van der Waals surface area contributed by atoms with Crippen molar-refractivity contribution < 1.29 is 0 Å². The fraction of sp³-hybridized carbons (Fsp3) is 0.375. The average Bonchev–Trinajstić information content (AvgIpc) is 3.30. The molecule has 20 heavy (non-hydrogen) atoms. The Hall–Kier alpha value is -1.61. The van der Waals surface area contributed by atoms with Crippen LogP contribution in [0.2, 0.25) is 5.15 Å². The molecule has 104 valence electrons. The van der Waals surface area contributed by atoms with Gasteiger partial charge in [-0.3, -0.25) is 0 Å². The van der Waals surface area contributed by atoms with Crippen LogP contribution >= 0.6 is 11.6 Å². The van der Waals surface area contributed by atoms with Crippen LogP contribution in [-0.4, -0.2) is 16.5 Å². The SMILES string of the molecule is CC(CNc1cc(Cl)nc(-c2ccccc2)n1)C1CC1. The minimum atomic E-state index is 0.473. The maximum Gasteiger partial charge on any atom is 0.163 e. The first-order chi connectivity index (χ1) is 9.72. The van der Waals surface area contributed by atoms with E-state index in [0.717, 1.165) is 23.8 Å². The molecule has 0 aliphatic heterocycles. The highest BCUT2D eigenvalue weighted by Gasteiger charge is 2.27. The lowest BCUT2D eigenvalue weighted by molar-refractivity contribution is 0.536. The van der Waals surface area contributed by atoms with Gasteiger partial charge in [-0.2, -0.15) is 0 Å². The summed E-state index contributed by atoms with van der Waals surface area (Å²) in [7, 11) is 0. The van der Waals surface area contributed by atoms with Gasteiger partial charge in [0.25, 0.3) is 0 Å². The Morgan fingerprint density at radius 1 is 1.25 bits per heavy atom. The first-order valence-corrected chi connectivity index (χ1v) is 7.44. The van der Waals surface area contributed by atoms with Crippen LogP contribution in [0.4, 0.5) is 5.82 Å². The first-order valence-electron chi connectivity index (χ1n) is 7.06. The molecule has 0 spiro atoms. The monoisotopic (exact) mass is 287 g/mol. The Bertz CT molecular complexity index is 582. The van der Waals surface area contributed by atoms with Crippen molar-refractivity contribution >= 4 is 17.4 Å². The van der Waals surface area contributed by atoms with E-state index >= 15 is 0 Å². The zero-order valence-corrected chi connectivity index (χ0v) is 12.3. The van der Waals surface area contributed by atoms with E-state index in [1.54, 1.807) is 6.07 Å². The Labute approximate surface area is 124 Å². The molecule has 1 unspecified atom stereocenters. The van der Waals surface area contributed by atoms with Crippen LogP contribution in [-0.2, 0) is 0 Å². The molecule has 3 rings (SSSR count). The van der Waals surface area contributed by atoms with E-state index in [1.165, 1.54) is 12.8 Å². The van der Waals surface area contributed by atoms with E-state index in [9.17, 15) is 0 Å². The highest BCUT2D eigenvalue weighted by atomic mass is 35.5. The highest BCUT2D eigenvalue weighted by molar-refractivity contribution is 6.29. The van der Waals surface area contributed by atoms with Gasteiger partial charge < -0.3 is 5.32 Å². The minimum absolute atomic E-state index is 0.473. The molecular formula is C16H18ClN3. The summed E-state index contributed by atoms with van der Waals surface area (Å²) in [5.74, 6) is 3.04. The zero-order valence-electron chi connectivity index (χ0n) is 11.5. The van der Waals surface area contributed by atoms with Crippen LogP contribution in [0, 0.1) is 11.8 Å². The third kappa shape index (κ3) is 3.28. The number of halogens is 1. The fourth-order valence-corrected chi connectivity index (χ4v) is 2.51. The summed E-state index contributed by atoms with van der Waals surface area (Å²) >= 11 is 6.10. The smallest absolute Gasteiger partial charge is 0.163 e. The summed E-state index contributed by atoms with van der Waals surface area (Å²) in [4.78, 5) is 8.84. The molecule has 1 atom stereocenters. The van der Waals surface area contributed by atoms with Crippen molar-refractivity contribution in [2.45, 2.75) is 19.8 Å². The second-order valence-electron chi connectivity index (χ2n) is 5.46. The molecule has 1 aromatic carbocycles. The van der Waals surface area contributed by atoms with E-state index in [4.69, 9.17) is 11.6 Å². The van der Waals surface area contributed by atoms with Crippen molar-refractivity contribution in [3.63, 3.8) is 0 Å². The average molecular weight is 288 g/mol. The molecule has 0 radical (unpaired) electrons. The van der Waals surface area contributed by atoms with E-state index in [0.29, 0.717) is 16.9 Å². The summed E-state index contributed by atoms with van der Waals surface area (Å²) in [6, 6.07) is 11.7. The normalized spacial score (nSPS) is 15.9. The van der Waals surface area contributed by atoms with Crippen LogP contribution in [0.5, 0.6) is 0 Å². The molecule has 2 aromatic rings. The van der Waals surface area contributed by atoms with Gasteiger partial charge in [-0.25, -0.2) is 9.97 Å². The first kappa shape index (κ1) is 13.4. The Kier molecular flexibility index (Phi) is 3.88. The van der Waals surface area contributed by atoms with E-state index in [2.05, 4.69) is 22.2 Å². The van der Waals surface area contributed by atoms with Gasteiger partial charge in [0.05, 0.1) is 0 Å². The van der Waals surface area contributed by atoms with E-state index in [-0.39, 0.29) is 0 Å². The lowest BCUT2D eigenvalue weighted by Gasteiger charge is -2.12. The van der Waals surface area contributed by atoms with Crippen molar-refractivity contribution in [3.05, 3.63) is 41.6 Å². The fourth-order valence-electron chi connectivity index (χ4n) is 2.32. The zero-order chi connectivity index (χ0) is 13.9. The second kappa shape index (κ2) is 5.80. The molecule has 1 fully saturated rings.